The van der Waals surface area contributed by atoms with Crippen LogP contribution < -0.4 is 14.8 Å². The summed E-state index contributed by atoms with van der Waals surface area (Å²) in [6.45, 7) is 2.76. The highest BCUT2D eigenvalue weighted by atomic mass is 32.3. The number of aromatic nitrogens is 1. The molecule has 1 amide bonds. The van der Waals surface area contributed by atoms with Gasteiger partial charge in [0.05, 0.1) is 6.04 Å². The van der Waals surface area contributed by atoms with Crippen LogP contribution in [-0.4, -0.2) is 52.6 Å². The maximum absolute atomic E-state index is 12.9. The number of carbonyl (C=O) groups excluding carboxylic acids is 1. The highest BCUT2D eigenvalue weighted by molar-refractivity contribution is 7.93. The summed E-state index contributed by atoms with van der Waals surface area (Å²) in [7, 11) is -4.05. The Kier molecular flexibility index (Phi) is 7.18. The molecule has 8 nitrogen and oxygen atoms in total. The first-order valence-corrected chi connectivity index (χ1v) is 13.5. The summed E-state index contributed by atoms with van der Waals surface area (Å²) in [5.41, 5.74) is 8.23. The van der Waals surface area contributed by atoms with E-state index in [4.69, 9.17) is 9.92 Å². The Morgan fingerprint density at radius 3 is 2.43 bits per heavy atom. The Bertz CT molecular complexity index is 1420. The number of pyridine rings is 1. The predicted molar refractivity (Wildman–Crippen MR) is 143 cm³/mol. The summed E-state index contributed by atoms with van der Waals surface area (Å²) in [6.07, 6.45) is 3.50. The van der Waals surface area contributed by atoms with Gasteiger partial charge in [0.2, 0.25) is 10.8 Å². The van der Waals surface area contributed by atoms with Crippen LogP contribution in [0.25, 0.3) is 10.8 Å². The summed E-state index contributed by atoms with van der Waals surface area (Å²) in [5.74, 6) is 0.104. The van der Waals surface area contributed by atoms with Crippen LogP contribution in [0, 0.1) is 0 Å². The van der Waals surface area contributed by atoms with Crippen molar-refractivity contribution in [1.82, 2.24) is 9.88 Å². The first-order valence-electron chi connectivity index (χ1n) is 12.1. The number of rotatable bonds is 7. The van der Waals surface area contributed by atoms with E-state index in [0.29, 0.717) is 30.3 Å². The van der Waals surface area contributed by atoms with Gasteiger partial charge >= 0.3 is 0 Å². The Labute approximate surface area is 217 Å². The SMILES string of the molecule is N[C@@H](Cc1ccc(O[S+](=O)([O-])c2cccc3cnccc23)cc1)C(=O)N1CCN(c2ccccc2)CC1. The second-order valence-electron chi connectivity index (χ2n) is 8.99. The third-order valence-electron chi connectivity index (χ3n) is 6.52. The monoisotopic (exact) mass is 516 g/mol. The topological polar surface area (TPSA) is 112 Å². The normalized spacial score (nSPS) is 16.3. The Morgan fingerprint density at radius 1 is 0.973 bits per heavy atom. The van der Waals surface area contributed by atoms with Gasteiger partial charge in [0.1, 0.15) is 0 Å². The maximum atomic E-state index is 12.9. The van der Waals surface area contributed by atoms with Gasteiger partial charge in [-0.1, -0.05) is 46.7 Å². The van der Waals surface area contributed by atoms with Gasteiger partial charge in [0.25, 0.3) is 10.5 Å². The number of anilines is 1. The number of carbonyl (C=O) groups is 1. The van der Waals surface area contributed by atoms with Gasteiger partial charge in [-0.3, -0.25) is 14.0 Å². The molecule has 190 valence electrons. The fraction of sp³-hybridized carbons (Fsp3) is 0.214. The van der Waals surface area contributed by atoms with Gasteiger partial charge in [0, 0.05) is 55.0 Å². The molecule has 1 aliphatic rings. The lowest BCUT2D eigenvalue weighted by Gasteiger charge is -2.37. The lowest BCUT2D eigenvalue weighted by atomic mass is 10.0. The summed E-state index contributed by atoms with van der Waals surface area (Å²) >= 11 is 0. The molecule has 5 rings (SSSR count). The van der Waals surface area contributed by atoms with E-state index >= 15 is 0 Å². The van der Waals surface area contributed by atoms with Crippen molar-refractivity contribution in [2.24, 2.45) is 5.73 Å². The Morgan fingerprint density at radius 2 is 1.70 bits per heavy atom. The molecule has 0 bridgehead atoms. The molecular formula is C28H28N4O4S. The van der Waals surface area contributed by atoms with Gasteiger partial charge in [-0.05, 0) is 48.4 Å². The van der Waals surface area contributed by atoms with Gasteiger partial charge in [-0.2, -0.15) is 0 Å². The van der Waals surface area contributed by atoms with Crippen molar-refractivity contribution in [3.05, 3.63) is 96.8 Å². The number of benzene rings is 3. The summed E-state index contributed by atoms with van der Waals surface area (Å²) in [4.78, 5) is 21.1. The largest absolute Gasteiger partial charge is 0.573 e. The minimum absolute atomic E-state index is 0.0801. The van der Waals surface area contributed by atoms with Crippen LogP contribution >= 0.6 is 0 Å². The summed E-state index contributed by atoms with van der Waals surface area (Å²) in [6, 6.07) is 22.7. The van der Waals surface area contributed by atoms with Crippen molar-refractivity contribution in [3.8, 4) is 5.75 Å². The molecule has 3 aromatic carbocycles. The van der Waals surface area contributed by atoms with Crippen LogP contribution in [-0.2, 0) is 25.9 Å². The second kappa shape index (κ2) is 10.7. The Hall–Kier alpha value is -3.79. The Balaban J connectivity index is 1.18. The van der Waals surface area contributed by atoms with Crippen LogP contribution in [0.4, 0.5) is 5.69 Å². The zero-order valence-corrected chi connectivity index (χ0v) is 21.0. The lowest BCUT2D eigenvalue weighted by Crippen LogP contribution is -2.53. The number of hydrogen-bond donors (Lipinski definition) is 1. The lowest BCUT2D eigenvalue weighted by molar-refractivity contribution is -0.132. The summed E-state index contributed by atoms with van der Waals surface area (Å²) in [5, 5.41) is 1.26. The number of fused-ring (bicyclic) bond motifs is 1. The number of piperazine rings is 1. The number of amides is 1. The van der Waals surface area contributed by atoms with Crippen LogP contribution in [0.3, 0.4) is 0 Å². The van der Waals surface area contributed by atoms with E-state index < -0.39 is 16.5 Å². The molecule has 0 spiro atoms. The van der Waals surface area contributed by atoms with Crippen molar-refractivity contribution in [2.75, 3.05) is 31.1 Å². The molecule has 2 heterocycles. The molecule has 1 aliphatic heterocycles. The molecule has 37 heavy (non-hydrogen) atoms. The van der Waals surface area contributed by atoms with Gasteiger partial charge in [0.15, 0.2) is 5.75 Å². The highest BCUT2D eigenvalue weighted by Gasteiger charge is 2.27. The van der Waals surface area contributed by atoms with Crippen molar-refractivity contribution in [2.45, 2.75) is 17.4 Å². The summed E-state index contributed by atoms with van der Waals surface area (Å²) < 4.78 is 31.3. The molecule has 4 aromatic rings. The van der Waals surface area contributed by atoms with E-state index in [1.54, 1.807) is 54.9 Å². The number of para-hydroxylation sites is 1. The fourth-order valence-corrected chi connectivity index (χ4v) is 5.72. The van der Waals surface area contributed by atoms with E-state index in [9.17, 15) is 13.6 Å². The molecule has 2 atom stereocenters. The molecule has 1 fully saturated rings. The molecule has 1 unspecified atom stereocenters. The number of nitrogens with two attached hydrogens (primary N) is 1. The minimum Gasteiger partial charge on any atom is -0.573 e. The average molecular weight is 517 g/mol. The zero-order valence-electron chi connectivity index (χ0n) is 20.2. The maximum Gasteiger partial charge on any atom is 0.269 e. The average Bonchev–Trinajstić information content (AvgIpc) is 2.94. The molecule has 1 saturated heterocycles. The van der Waals surface area contributed by atoms with Gasteiger partial charge < -0.3 is 20.1 Å². The van der Waals surface area contributed by atoms with Crippen LogP contribution in [0.1, 0.15) is 5.56 Å². The third kappa shape index (κ3) is 5.64. The first kappa shape index (κ1) is 24.9. The zero-order chi connectivity index (χ0) is 25.8. The number of hydrogen-bond acceptors (Lipinski definition) is 7. The predicted octanol–water partition coefficient (Wildman–Crippen LogP) is 3.44. The number of nitrogens with zero attached hydrogens (tertiary/aromatic N) is 3. The van der Waals surface area contributed by atoms with Crippen LogP contribution in [0.15, 0.2) is 96.2 Å². The second-order valence-corrected chi connectivity index (χ2v) is 10.5. The van der Waals surface area contributed by atoms with E-state index in [2.05, 4.69) is 22.0 Å². The molecule has 1 aromatic heterocycles. The first-order chi connectivity index (χ1) is 17.9. The van der Waals surface area contributed by atoms with Crippen molar-refractivity contribution < 1.29 is 17.7 Å². The van der Waals surface area contributed by atoms with E-state index in [1.165, 1.54) is 6.07 Å². The molecule has 2 N–H and O–H groups in total. The van der Waals surface area contributed by atoms with Gasteiger partial charge in [-0.15, -0.1) is 0 Å². The standard InChI is InChI=1S/C28H28N4O4S/c29-26(28(33)32-17-15-31(16-18-32)23-6-2-1-3-7-23)19-21-9-11-24(12-10-21)36-37(34,35)27-8-4-5-22-20-30-14-13-25(22)27/h1-14,20,26H,15-19,29H2/t26-/m0/s1. The molecule has 9 heteroatoms. The quantitative estimate of drug-likeness (QED) is 0.375. The van der Waals surface area contributed by atoms with Crippen molar-refractivity contribution in [3.63, 3.8) is 0 Å². The third-order valence-corrected chi connectivity index (χ3v) is 7.83. The van der Waals surface area contributed by atoms with E-state index in [-0.39, 0.29) is 16.6 Å². The van der Waals surface area contributed by atoms with Crippen LogP contribution in [0.2, 0.25) is 0 Å². The fourth-order valence-electron chi connectivity index (χ4n) is 4.56. The van der Waals surface area contributed by atoms with Crippen molar-refractivity contribution in [1.29, 1.82) is 0 Å². The molecular weight excluding hydrogens is 488 g/mol. The van der Waals surface area contributed by atoms with Crippen LogP contribution in [0.5, 0.6) is 5.75 Å². The molecule has 0 saturated carbocycles. The van der Waals surface area contributed by atoms with E-state index in [0.717, 1.165) is 24.3 Å². The molecule has 0 radical (unpaired) electrons. The van der Waals surface area contributed by atoms with Gasteiger partial charge in [-0.25, -0.2) is 0 Å². The smallest absolute Gasteiger partial charge is 0.269 e. The van der Waals surface area contributed by atoms with E-state index in [1.807, 2.05) is 23.1 Å². The highest BCUT2D eigenvalue weighted by Crippen LogP contribution is 2.29. The van der Waals surface area contributed by atoms with Crippen molar-refractivity contribution >= 4 is 32.9 Å². The minimum atomic E-state index is -4.05. The molecule has 0 aliphatic carbocycles.